The standard InChI is InChI=1S/C14H15ClN4O2S/c1-16-14(21)12-11(7-19(2)18-12)17-13(20)9-6-8(22-3)4-5-10(9)15/h4-7H,1-3H3,(H,16,21)(H,17,20). The molecule has 0 radical (unpaired) electrons. The molecule has 1 heterocycles. The van der Waals surface area contributed by atoms with E-state index in [9.17, 15) is 9.59 Å². The lowest BCUT2D eigenvalue weighted by Gasteiger charge is -2.07. The van der Waals surface area contributed by atoms with Crippen molar-refractivity contribution in [2.45, 2.75) is 4.90 Å². The van der Waals surface area contributed by atoms with Gasteiger partial charge in [-0.2, -0.15) is 5.10 Å². The number of hydrogen-bond donors (Lipinski definition) is 2. The number of nitrogens with zero attached hydrogens (tertiary/aromatic N) is 2. The molecule has 0 unspecified atom stereocenters. The van der Waals surface area contributed by atoms with E-state index < -0.39 is 0 Å². The lowest BCUT2D eigenvalue weighted by atomic mass is 10.2. The van der Waals surface area contributed by atoms with Gasteiger partial charge in [-0.1, -0.05) is 11.6 Å². The summed E-state index contributed by atoms with van der Waals surface area (Å²) >= 11 is 7.59. The smallest absolute Gasteiger partial charge is 0.273 e. The SMILES string of the molecule is CNC(=O)c1nn(C)cc1NC(=O)c1cc(SC)ccc1Cl. The molecular weight excluding hydrogens is 324 g/mol. The van der Waals surface area contributed by atoms with Crippen LogP contribution in [0.15, 0.2) is 29.3 Å². The maximum absolute atomic E-state index is 12.4. The lowest BCUT2D eigenvalue weighted by Crippen LogP contribution is -2.21. The van der Waals surface area contributed by atoms with Crippen molar-refractivity contribution in [3.63, 3.8) is 0 Å². The van der Waals surface area contributed by atoms with Gasteiger partial charge in [0.05, 0.1) is 16.3 Å². The molecule has 0 aliphatic carbocycles. The molecule has 0 bridgehead atoms. The maximum Gasteiger partial charge on any atom is 0.273 e. The Morgan fingerprint density at radius 2 is 2.05 bits per heavy atom. The van der Waals surface area contributed by atoms with Crippen molar-refractivity contribution in [2.24, 2.45) is 7.05 Å². The molecule has 0 aliphatic heterocycles. The molecule has 0 atom stereocenters. The van der Waals surface area contributed by atoms with Crippen LogP contribution < -0.4 is 10.6 Å². The zero-order valence-corrected chi connectivity index (χ0v) is 13.9. The average molecular weight is 339 g/mol. The molecule has 0 saturated carbocycles. The summed E-state index contributed by atoms with van der Waals surface area (Å²) in [4.78, 5) is 25.1. The number of benzene rings is 1. The first-order chi connectivity index (χ1) is 10.5. The third kappa shape index (κ3) is 3.42. The third-order valence-corrected chi connectivity index (χ3v) is 3.99. The van der Waals surface area contributed by atoms with Crippen molar-refractivity contribution in [3.8, 4) is 0 Å². The summed E-state index contributed by atoms with van der Waals surface area (Å²) in [5, 5.41) is 9.55. The molecule has 1 aromatic heterocycles. The van der Waals surface area contributed by atoms with E-state index >= 15 is 0 Å². The normalized spacial score (nSPS) is 10.4. The Balaban J connectivity index is 2.31. The molecule has 0 aliphatic rings. The van der Waals surface area contributed by atoms with E-state index in [1.807, 2.05) is 12.3 Å². The maximum atomic E-state index is 12.4. The van der Waals surface area contributed by atoms with Gasteiger partial charge in [0.15, 0.2) is 5.69 Å². The Labute approximate surface area is 137 Å². The van der Waals surface area contributed by atoms with Crippen molar-refractivity contribution < 1.29 is 9.59 Å². The second kappa shape index (κ2) is 6.85. The number of anilines is 1. The first kappa shape index (κ1) is 16.4. The Kier molecular flexibility index (Phi) is 5.10. The van der Waals surface area contributed by atoms with Gasteiger partial charge in [-0.15, -0.1) is 11.8 Å². The lowest BCUT2D eigenvalue weighted by molar-refractivity contribution is 0.0958. The van der Waals surface area contributed by atoms with Crippen LogP contribution in [0.5, 0.6) is 0 Å². The van der Waals surface area contributed by atoms with Crippen LogP contribution in [0.4, 0.5) is 5.69 Å². The Hall–Kier alpha value is -1.99. The van der Waals surface area contributed by atoms with Gasteiger partial charge in [-0.25, -0.2) is 0 Å². The van der Waals surface area contributed by atoms with Crippen LogP contribution in [0.3, 0.4) is 0 Å². The first-order valence-corrected chi connectivity index (χ1v) is 7.97. The molecule has 8 heteroatoms. The number of hydrogen-bond acceptors (Lipinski definition) is 4. The minimum atomic E-state index is -0.390. The molecule has 6 nitrogen and oxygen atoms in total. The number of amides is 2. The summed E-state index contributed by atoms with van der Waals surface area (Å²) in [5.41, 5.74) is 0.827. The zero-order valence-electron chi connectivity index (χ0n) is 12.3. The van der Waals surface area contributed by atoms with Gasteiger partial charge in [0, 0.05) is 25.2 Å². The van der Waals surface area contributed by atoms with E-state index in [0.717, 1.165) is 4.90 Å². The minimum absolute atomic E-state index is 0.149. The van der Waals surface area contributed by atoms with E-state index in [1.54, 1.807) is 25.4 Å². The number of aromatic nitrogens is 2. The topological polar surface area (TPSA) is 76.0 Å². The van der Waals surface area contributed by atoms with Crippen LogP contribution in [0.25, 0.3) is 0 Å². The van der Waals surface area contributed by atoms with Gasteiger partial charge in [-0.3, -0.25) is 14.3 Å². The second-order valence-electron chi connectivity index (χ2n) is 4.44. The number of aryl methyl sites for hydroxylation is 1. The highest BCUT2D eigenvalue weighted by Crippen LogP contribution is 2.24. The highest BCUT2D eigenvalue weighted by atomic mass is 35.5. The predicted octanol–water partition coefficient (Wildman–Crippen LogP) is 2.41. The zero-order chi connectivity index (χ0) is 16.3. The van der Waals surface area contributed by atoms with Crippen LogP contribution in [0.2, 0.25) is 5.02 Å². The van der Waals surface area contributed by atoms with Gasteiger partial charge in [0.1, 0.15) is 0 Å². The minimum Gasteiger partial charge on any atom is -0.354 e. The summed E-state index contributed by atoms with van der Waals surface area (Å²) < 4.78 is 1.46. The molecule has 22 heavy (non-hydrogen) atoms. The summed E-state index contributed by atoms with van der Waals surface area (Å²) in [6, 6.07) is 5.22. The summed E-state index contributed by atoms with van der Waals surface area (Å²) in [7, 11) is 3.17. The number of rotatable bonds is 4. The van der Waals surface area contributed by atoms with Gasteiger partial charge < -0.3 is 10.6 Å². The number of carbonyl (C=O) groups is 2. The van der Waals surface area contributed by atoms with Crippen LogP contribution >= 0.6 is 23.4 Å². The fourth-order valence-corrected chi connectivity index (χ4v) is 2.50. The summed E-state index contributed by atoms with van der Waals surface area (Å²) in [5.74, 6) is -0.765. The van der Waals surface area contributed by atoms with Crippen molar-refractivity contribution in [1.29, 1.82) is 0 Å². The fourth-order valence-electron chi connectivity index (χ4n) is 1.86. The Bertz CT molecular complexity index is 730. The van der Waals surface area contributed by atoms with E-state index in [4.69, 9.17) is 11.6 Å². The molecule has 2 N–H and O–H groups in total. The Morgan fingerprint density at radius 1 is 1.32 bits per heavy atom. The Morgan fingerprint density at radius 3 is 2.68 bits per heavy atom. The second-order valence-corrected chi connectivity index (χ2v) is 5.73. The average Bonchev–Trinajstić information content (AvgIpc) is 2.87. The number of thioether (sulfide) groups is 1. The highest BCUT2D eigenvalue weighted by Gasteiger charge is 2.19. The van der Waals surface area contributed by atoms with Gasteiger partial charge in [0.2, 0.25) is 0 Å². The van der Waals surface area contributed by atoms with Crippen LogP contribution in [-0.4, -0.2) is 34.9 Å². The molecular formula is C14H15ClN4O2S. The largest absolute Gasteiger partial charge is 0.354 e. The van der Waals surface area contributed by atoms with E-state index in [0.29, 0.717) is 16.3 Å². The number of nitrogens with one attached hydrogen (secondary N) is 2. The van der Waals surface area contributed by atoms with Crippen LogP contribution in [0.1, 0.15) is 20.8 Å². The van der Waals surface area contributed by atoms with Crippen molar-refractivity contribution in [1.82, 2.24) is 15.1 Å². The van der Waals surface area contributed by atoms with Crippen LogP contribution in [-0.2, 0) is 7.05 Å². The van der Waals surface area contributed by atoms with E-state index in [-0.39, 0.29) is 17.5 Å². The molecule has 0 fully saturated rings. The van der Waals surface area contributed by atoms with E-state index in [2.05, 4.69) is 15.7 Å². The fraction of sp³-hybridized carbons (Fsp3) is 0.214. The number of halogens is 1. The molecule has 2 aromatic rings. The molecule has 0 saturated heterocycles. The first-order valence-electron chi connectivity index (χ1n) is 6.37. The van der Waals surface area contributed by atoms with Crippen molar-refractivity contribution in [3.05, 3.63) is 40.7 Å². The molecule has 1 aromatic carbocycles. The third-order valence-electron chi connectivity index (χ3n) is 2.94. The molecule has 2 rings (SSSR count). The highest BCUT2D eigenvalue weighted by molar-refractivity contribution is 7.98. The van der Waals surface area contributed by atoms with E-state index in [1.165, 1.54) is 23.5 Å². The van der Waals surface area contributed by atoms with Crippen LogP contribution in [0, 0.1) is 0 Å². The molecule has 116 valence electrons. The van der Waals surface area contributed by atoms with Gasteiger partial charge >= 0.3 is 0 Å². The van der Waals surface area contributed by atoms with Crippen molar-refractivity contribution >= 4 is 40.9 Å². The predicted molar refractivity (Wildman–Crippen MR) is 87.8 cm³/mol. The van der Waals surface area contributed by atoms with Gasteiger partial charge in [-0.05, 0) is 24.5 Å². The quantitative estimate of drug-likeness (QED) is 0.839. The van der Waals surface area contributed by atoms with Crippen molar-refractivity contribution in [2.75, 3.05) is 18.6 Å². The monoisotopic (exact) mass is 338 g/mol. The molecule has 0 spiro atoms. The number of carbonyl (C=O) groups excluding carboxylic acids is 2. The summed E-state index contributed by atoms with van der Waals surface area (Å²) in [6.07, 6.45) is 3.48. The summed E-state index contributed by atoms with van der Waals surface area (Å²) in [6.45, 7) is 0. The molecule has 2 amide bonds. The van der Waals surface area contributed by atoms with Gasteiger partial charge in [0.25, 0.3) is 11.8 Å².